The zero-order chi connectivity index (χ0) is 14.9. The van der Waals surface area contributed by atoms with E-state index in [4.69, 9.17) is 11.6 Å². The van der Waals surface area contributed by atoms with Crippen LogP contribution in [0.1, 0.15) is 30.0 Å². The van der Waals surface area contributed by atoms with Crippen molar-refractivity contribution in [1.82, 2.24) is 9.78 Å². The predicted octanol–water partition coefficient (Wildman–Crippen LogP) is 4.44. The molecule has 108 valence electrons. The summed E-state index contributed by atoms with van der Waals surface area (Å²) in [5.41, 5.74) is 2.56. The minimum atomic E-state index is -0.624. The van der Waals surface area contributed by atoms with Crippen molar-refractivity contribution in [1.29, 1.82) is 0 Å². The van der Waals surface area contributed by atoms with Crippen molar-refractivity contribution in [3.8, 4) is 0 Å². The minimum Gasteiger partial charge on any atom is -0.388 e. The number of aliphatic hydroxyl groups excluding tert-OH is 1. The summed E-state index contributed by atoms with van der Waals surface area (Å²) in [5.74, 6) is 0. The maximum absolute atomic E-state index is 10.4. The Morgan fingerprint density at radius 2 is 1.90 bits per heavy atom. The molecule has 2 rings (SSSR count). The third-order valence-electron chi connectivity index (χ3n) is 3.16. The van der Waals surface area contributed by atoms with Crippen LogP contribution in [-0.2, 0) is 19.9 Å². The molecule has 0 bridgehead atoms. The Morgan fingerprint density at radius 1 is 1.30 bits per heavy atom. The fraction of sp³-hybridized carbons (Fsp3) is 0.357. The Balaban J connectivity index is 2.27. The standard InChI is InChI=1S/C14H15Br2ClN2O/c1-3-11-14(17)12(19(2)18-11)7-13(20)8-4-9(15)6-10(16)5-8/h4-6,13,20H,3,7H2,1-2H3. The van der Waals surface area contributed by atoms with Gasteiger partial charge in [-0.1, -0.05) is 50.4 Å². The fourth-order valence-corrected chi connectivity index (χ4v) is 3.81. The van der Waals surface area contributed by atoms with Gasteiger partial charge in [-0.3, -0.25) is 4.68 Å². The largest absolute Gasteiger partial charge is 0.388 e. The first kappa shape index (κ1) is 16.0. The van der Waals surface area contributed by atoms with Crippen molar-refractivity contribution >= 4 is 43.5 Å². The maximum Gasteiger partial charge on any atom is 0.0850 e. The fourth-order valence-electron chi connectivity index (χ4n) is 2.11. The van der Waals surface area contributed by atoms with E-state index in [1.54, 1.807) is 4.68 Å². The van der Waals surface area contributed by atoms with Crippen molar-refractivity contribution in [3.05, 3.63) is 49.1 Å². The minimum absolute atomic E-state index is 0.436. The molecule has 1 aromatic heterocycles. The van der Waals surface area contributed by atoms with E-state index in [2.05, 4.69) is 37.0 Å². The number of hydrogen-bond acceptors (Lipinski definition) is 2. The number of aryl methyl sites for hydroxylation is 2. The number of halogens is 3. The molecule has 0 amide bonds. The number of aliphatic hydroxyl groups is 1. The summed E-state index contributed by atoms with van der Waals surface area (Å²) >= 11 is 13.2. The highest BCUT2D eigenvalue weighted by Gasteiger charge is 2.18. The lowest BCUT2D eigenvalue weighted by atomic mass is 10.0. The van der Waals surface area contributed by atoms with Gasteiger partial charge in [0.1, 0.15) is 0 Å². The molecule has 0 radical (unpaired) electrons. The highest BCUT2D eigenvalue weighted by atomic mass is 79.9. The van der Waals surface area contributed by atoms with E-state index >= 15 is 0 Å². The van der Waals surface area contributed by atoms with Crippen molar-refractivity contribution < 1.29 is 5.11 Å². The first-order valence-electron chi connectivity index (χ1n) is 6.26. The molecule has 1 atom stereocenters. The summed E-state index contributed by atoms with van der Waals surface area (Å²) in [6.45, 7) is 2.01. The highest BCUT2D eigenvalue weighted by Crippen LogP contribution is 2.29. The molecule has 0 aliphatic rings. The Kier molecular flexibility index (Phi) is 5.29. The van der Waals surface area contributed by atoms with E-state index in [1.807, 2.05) is 32.2 Å². The van der Waals surface area contributed by atoms with E-state index in [0.717, 1.165) is 32.3 Å². The van der Waals surface area contributed by atoms with E-state index < -0.39 is 6.10 Å². The van der Waals surface area contributed by atoms with Crippen LogP contribution in [0.5, 0.6) is 0 Å². The van der Waals surface area contributed by atoms with Crippen LogP contribution in [0.25, 0.3) is 0 Å². The van der Waals surface area contributed by atoms with Gasteiger partial charge in [0.05, 0.1) is 22.5 Å². The van der Waals surface area contributed by atoms with Gasteiger partial charge in [-0.25, -0.2) is 0 Å². The lowest BCUT2D eigenvalue weighted by Crippen LogP contribution is -2.07. The molecule has 0 aliphatic carbocycles. The summed E-state index contributed by atoms with van der Waals surface area (Å²) in [6.07, 6.45) is 0.595. The molecule has 0 saturated carbocycles. The van der Waals surface area contributed by atoms with Gasteiger partial charge in [-0.15, -0.1) is 0 Å². The van der Waals surface area contributed by atoms with Crippen molar-refractivity contribution in [2.75, 3.05) is 0 Å². The summed E-state index contributed by atoms with van der Waals surface area (Å²) in [4.78, 5) is 0. The van der Waals surface area contributed by atoms with Gasteiger partial charge in [0.15, 0.2) is 0 Å². The van der Waals surface area contributed by atoms with E-state index in [1.165, 1.54) is 0 Å². The molecule has 1 heterocycles. The third kappa shape index (κ3) is 3.45. The summed E-state index contributed by atoms with van der Waals surface area (Å²) in [7, 11) is 1.85. The van der Waals surface area contributed by atoms with Crippen LogP contribution in [-0.4, -0.2) is 14.9 Å². The highest BCUT2D eigenvalue weighted by molar-refractivity contribution is 9.11. The molecule has 2 aromatic rings. The SMILES string of the molecule is CCc1nn(C)c(CC(O)c2cc(Br)cc(Br)c2)c1Cl. The van der Waals surface area contributed by atoms with Crippen LogP contribution in [0.15, 0.2) is 27.1 Å². The number of aromatic nitrogens is 2. The monoisotopic (exact) mass is 420 g/mol. The van der Waals surface area contributed by atoms with Crippen LogP contribution in [0, 0.1) is 0 Å². The molecule has 1 unspecified atom stereocenters. The van der Waals surface area contributed by atoms with Gasteiger partial charge in [0, 0.05) is 22.4 Å². The molecule has 0 saturated heterocycles. The van der Waals surface area contributed by atoms with E-state index in [0.29, 0.717) is 11.4 Å². The Hall–Kier alpha value is -0.360. The number of rotatable bonds is 4. The van der Waals surface area contributed by atoms with Crippen molar-refractivity contribution in [3.63, 3.8) is 0 Å². The lowest BCUT2D eigenvalue weighted by molar-refractivity contribution is 0.175. The Morgan fingerprint density at radius 3 is 2.40 bits per heavy atom. The second-order valence-corrected chi connectivity index (χ2v) is 6.82. The van der Waals surface area contributed by atoms with E-state index in [9.17, 15) is 5.11 Å². The number of hydrogen-bond donors (Lipinski definition) is 1. The van der Waals surface area contributed by atoms with Gasteiger partial charge in [0.25, 0.3) is 0 Å². The number of nitrogens with zero attached hydrogens (tertiary/aromatic N) is 2. The second-order valence-electron chi connectivity index (χ2n) is 4.61. The molecule has 1 aromatic carbocycles. The predicted molar refractivity (Wildman–Crippen MR) is 88.1 cm³/mol. The average molecular weight is 423 g/mol. The molecule has 0 fully saturated rings. The molecular formula is C14H15Br2ClN2O. The normalized spacial score (nSPS) is 12.7. The zero-order valence-electron chi connectivity index (χ0n) is 11.2. The van der Waals surface area contributed by atoms with Crippen LogP contribution >= 0.6 is 43.5 Å². The zero-order valence-corrected chi connectivity index (χ0v) is 15.1. The quantitative estimate of drug-likeness (QED) is 0.791. The Bertz CT molecular complexity index is 608. The van der Waals surface area contributed by atoms with Crippen LogP contribution in [0.4, 0.5) is 0 Å². The third-order valence-corrected chi connectivity index (χ3v) is 4.51. The first-order chi connectivity index (χ1) is 9.42. The molecule has 6 heteroatoms. The Labute approximate surface area is 140 Å². The molecular weight excluding hydrogens is 407 g/mol. The molecule has 0 aliphatic heterocycles. The molecule has 3 nitrogen and oxygen atoms in total. The van der Waals surface area contributed by atoms with Gasteiger partial charge in [-0.05, 0) is 30.2 Å². The lowest BCUT2D eigenvalue weighted by Gasteiger charge is -2.12. The van der Waals surface area contributed by atoms with Gasteiger partial charge < -0.3 is 5.11 Å². The van der Waals surface area contributed by atoms with Gasteiger partial charge in [0.2, 0.25) is 0 Å². The van der Waals surface area contributed by atoms with Crippen molar-refractivity contribution in [2.24, 2.45) is 7.05 Å². The van der Waals surface area contributed by atoms with Crippen molar-refractivity contribution in [2.45, 2.75) is 25.9 Å². The summed E-state index contributed by atoms with van der Waals surface area (Å²) < 4.78 is 3.59. The van der Waals surface area contributed by atoms with E-state index in [-0.39, 0.29) is 0 Å². The van der Waals surface area contributed by atoms with Crippen LogP contribution in [0.3, 0.4) is 0 Å². The number of benzene rings is 1. The smallest absolute Gasteiger partial charge is 0.0850 e. The second kappa shape index (κ2) is 6.60. The average Bonchev–Trinajstić information content (AvgIpc) is 2.65. The topological polar surface area (TPSA) is 38.0 Å². The van der Waals surface area contributed by atoms with Gasteiger partial charge >= 0.3 is 0 Å². The van der Waals surface area contributed by atoms with Crippen LogP contribution < -0.4 is 0 Å². The molecule has 1 N–H and O–H groups in total. The molecule has 20 heavy (non-hydrogen) atoms. The molecule has 0 spiro atoms. The van der Waals surface area contributed by atoms with Crippen LogP contribution in [0.2, 0.25) is 5.02 Å². The summed E-state index contributed by atoms with van der Waals surface area (Å²) in [5, 5.41) is 15.4. The summed E-state index contributed by atoms with van der Waals surface area (Å²) in [6, 6.07) is 5.74. The van der Waals surface area contributed by atoms with Gasteiger partial charge in [-0.2, -0.15) is 5.10 Å². The maximum atomic E-state index is 10.4. The first-order valence-corrected chi connectivity index (χ1v) is 8.23.